The van der Waals surface area contributed by atoms with Gasteiger partial charge in [0.1, 0.15) is 0 Å². The van der Waals surface area contributed by atoms with Crippen molar-refractivity contribution in [3.05, 3.63) is 5.32 Å². The third-order valence-electron chi connectivity index (χ3n) is 6.31. The monoisotopic (exact) mass is 356 g/mol. The van der Waals surface area contributed by atoms with Crippen molar-refractivity contribution in [2.24, 2.45) is 23.7 Å². The van der Waals surface area contributed by atoms with Crippen LogP contribution in [-0.4, -0.2) is 32.0 Å². The maximum Gasteiger partial charge on any atom is 1.00 e. The van der Waals surface area contributed by atoms with Gasteiger partial charge in [0.15, 0.2) is 0 Å². The number of fused-ring (bicyclic) bond motifs is 1. The Morgan fingerprint density at radius 2 is 1.77 bits per heavy atom. The predicted molar refractivity (Wildman–Crippen MR) is 87.4 cm³/mol. The van der Waals surface area contributed by atoms with Crippen molar-refractivity contribution in [3.63, 3.8) is 0 Å². The molecule has 0 aromatic rings. The first-order valence-electron chi connectivity index (χ1n) is 9.18. The van der Waals surface area contributed by atoms with Gasteiger partial charge in [0, 0.05) is 6.61 Å². The second-order valence-corrected chi connectivity index (χ2v) is 7.79. The molecule has 0 bridgehead atoms. The first-order valence-corrected chi connectivity index (χ1v) is 9.18. The SMILES string of the molecule is CNC1[N-]C(C)C2CCCC(OCC3CCC(C)CC3)C12.[Cu+]. The predicted octanol–water partition coefficient (Wildman–Crippen LogP) is 3.93. The maximum atomic E-state index is 6.45. The van der Waals surface area contributed by atoms with Crippen LogP contribution < -0.4 is 5.32 Å². The van der Waals surface area contributed by atoms with Crippen molar-refractivity contribution < 1.29 is 21.8 Å². The number of rotatable bonds is 4. The van der Waals surface area contributed by atoms with E-state index >= 15 is 0 Å². The average Bonchev–Trinajstić information content (AvgIpc) is 2.84. The molecule has 2 saturated carbocycles. The molecule has 0 aromatic heterocycles. The van der Waals surface area contributed by atoms with Crippen LogP contribution in [0.1, 0.15) is 58.8 Å². The summed E-state index contributed by atoms with van der Waals surface area (Å²) in [5, 5.41) is 8.34. The van der Waals surface area contributed by atoms with Gasteiger partial charge in [0.05, 0.1) is 6.10 Å². The molecule has 22 heavy (non-hydrogen) atoms. The summed E-state index contributed by atoms with van der Waals surface area (Å²) in [6.07, 6.45) is 10.2. The van der Waals surface area contributed by atoms with Crippen molar-refractivity contribution >= 4 is 0 Å². The zero-order valence-electron chi connectivity index (χ0n) is 14.4. The first-order chi connectivity index (χ1) is 10.2. The average molecular weight is 357 g/mol. The molecule has 1 saturated heterocycles. The summed E-state index contributed by atoms with van der Waals surface area (Å²) in [5.41, 5.74) is 0. The van der Waals surface area contributed by atoms with Gasteiger partial charge in [0.25, 0.3) is 0 Å². The largest absolute Gasteiger partial charge is 1.00 e. The molecule has 3 aliphatic rings. The summed E-state index contributed by atoms with van der Waals surface area (Å²) in [6, 6.07) is 0.509. The van der Waals surface area contributed by atoms with E-state index in [0.717, 1.165) is 24.4 Å². The summed E-state index contributed by atoms with van der Waals surface area (Å²) in [4.78, 5) is 0. The van der Waals surface area contributed by atoms with Crippen LogP contribution in [0.5, 0.6) is 0 Å². The molecule has 0 radical (unpaired) electrons. The fourth-order valence-electron chi connectivity index (χ4n) is 4.90. The summed E-state index contributed by atoms with van der Waals surface area (Å²) in [7, 11) is 2.05. The van der Waals surface area contributed by atoms with Gasteiger partial charge < -0.3 is 15.4 Å². The molecule has 1 heterocycles. The van der Waals surface area contributed by atoms with E-state index in [4.69, 9.17) is 10.1 Å². The molecule has 5 atom stereocenters. The fraction of sp³-hybridized carbons (Fsp3) is 1.00. The standard InChI is InChI=1S/C18H33N2O.Cu/c1-12-7-9-14(10-8-12)11-21-16-6-4-5-15-13(2)20-18(19-3)17(15)16;/h12-19H,4-11H2,1-3H3;/q-1;+1. The molecule has 0 aromatic carbocycles. The van der Waals surface area contributed by atoms with E-state index in [0.29, 0.717) is 24.2 Å². The number of nitrogens with zero attached hydrogens (tertiary/aromatic N) is 1. The minimum Gasteiger partial charge on any atom is -0.644 e. The van der Waals surface area contributed by atoms with Crippen LogP contribution in [0.25, 0.3) is 5.32 Å². The molecular weight excluding hydrogens is 324 g/mol. The number of hydrogen-bond acceptors (Lipinski definition) is 2. The Bertz CT molecular complexity index is 333. The Kier molecular flexibility index (Phi) is 7.22. The second-order valence-electron chi connectivity index (χ2n) is 7.79. The number of hydrogen-bond donors (Lipinski definition) is 1. The van der Waals surface area contributed by atoms with Crippen LogP contribution in [0.3, 0.4) is 0 Å². The van der Waals surface area contributed by atoms with Gasteiger partial charge in [-0.25, -0.2) is 0 Å². The first kappa shape index (κ1) is 18.7. The smallest absolute Gasteiger partial charge is 0.644 e. The van der Waals surface area contributed by atoms with Gasteiger partial charge >= 0.3 is 17.1 Å². The van der Waals surface area contributed by atoms with E-state index in [1.807, 2.05) is 0 Å². The summed E-state index contributed by atoms with van der Waals surface area (Å²) < 4.78 is 6.45. The molecule has 1 aliphatic heterocycles. The molecule has 0 spiro atoms. The van der Waals surface area contributed by atoms with E-state index in [9.17, 15) is 0 Å². The van der Waals surface area contributed by atoms with E-state index in [2.05, 4.69) is 26.2 Å². The Morgan fingerprint density at radius 1 is 1.05 bits per heavy atom. The van der Waals surface area contributed by atoms with Crippen LogP contribution >= 0.6 is 0 Å². The van der Waals surface area contributed by atoms with Gasteiger partial charge in [0.2, 0.25) is 0 Å². The Balaban J connectivity index is 0.00000176. The molecule has 3 fully saturated rings. The zero-order valence-corrected chi connectivity index (χ0v) is 15.3. The van der Waals surface area contributed by atoms with Crippen molar-refractivity contribution in [1.29, 1.82) is 0 Å². The third-order valence-corrected chi connectivity index (χ3v) is 6.31. The van der Waals surface area contributed by atoms with E-state index in [-0.39, 0.29) is 17.1 Å². The van der Waals surface area contributed by atoms with E-state index < -0.39 is 0 Å². The van der Waals surface area contributed by atoms with Gasteiger partial charge in [-0.3, -0.25) is 0 Å². The van der Waals surface area contributed by atoms with Gasteiger partial charge in [-0.1, -0.05) is 51.6 Å². The molecular formula is C18H33CuN2O. The molecule has 132 valence electrons. The summed E-state index contributed by atoms with van der Waals surface area (Å²) in [5.74, 6) is 3.10. The Morgan fingerprint density at radius 3 is 2.45 bits per heavy atom. The molecule has 5 unspecified atom stereocenters. The van der Waals surface area contributed by atoms with Gasteiger partial charge in [-0.2, -0.15) is 0 Å². The van der Waals surface area contributed by atoms with Crippen LogP contribution in [-0.2, 0) is 21.8 Å². The maximum absolute atomic E-state index is 6.45. The quantitative estimate of drug-likeness (QED) is 0.774. The number of ether oxygens (including phenoxy) is 1. The van der Waals surface area contributed by atoms with Crippen molar-refractivity contribution in [2.45, 2.75) is 77.1 Å². The topological polar surface area (TPSA) is 35.4 Å². The zero-order chi connectivity index (χ0) is 14.8. The Labute approximate surface area is 147 Å². The molecule has 3 nitrogen and oxygen atoms in total. The molecule has 2 aliphatic carbocycles. The summed E-state index contributed by atoms with van der Waals surface area (Å²) >= 11 is 0. The van der Waals surface area contributed by atoms with Gasteiger partial charge in [-0.05, 0) is 44.1 Å². The van der Waals surface area contributed by atoms with Crippen LogP contribution in [0.15, 0.2) is 0 Å². The van der Waals surface area contributed by atoms with Crippen LogP contribution in [0, 0.1) is 23.7 Å². The normalized spacial score (nSPS) is 45.1. The number of nitrogens with one attached hydrogen (secondary N) is 1. The van der Waals surface area contributed by atoms with Crippen LogP contribution in [0.4, 0.5) is 0 Å². The second kappa shape index (κ2) is 8.48. The van der Waals surface area contributed by atoms with Crippen molar-refractivity contribution in [2.75, 3.05) is 13.7 Å². The van der Waals surface area contributed by atoms with Crippen molar-refractivity contribution in [3.8, 4) is 0 Å². The van der Waals surface area contributed by atoms with Gasteiger partial charge in [-0.15, -0.1) is 6.04 Å². The Hall–Kier alpha value is 0.399. The van der Waals surface area contributed by atoms with E-state index in [1.165, 1.54) is 44.9 Å². The van der Waals surface area contributed by atoms with E-state index in [1.54, 1.807) is 0 Å². The molecule has 1 N–H and O–H groups in total. The van der Waals surface area contributed by atoms with Crippen LogP contribution in [0.2, 0.25) is 0 Å². The molecule has 3 rings (SSSR count). The fourth-order valence-corrected chi connectivity index (χ4v) is 4.90. The molecule has 0 amide bonds. The summed E-state index contributed by atoms with van der Waals surface area (Å²) in [6.45, 7) is 5.67. The molecule has 4 heteroatoms. The third kappa shape index (κ3) is 4.08. The van der Waals surface area contributed by atoms with Crippen molar-refractivity contribution in [1.82, 2.24) is 5.32 Å². The minimum absolute atomic E-state index is 0. The minimum atomic E-state index is 0.